The zero-order valence-electron chi connectivity index (χ0n) is 18.1. The Morgan fingerprint density at radius 1 is 1.10 bits per heavy atom. The molecular weight excluding hydrogens is 388 g/mol. The molecule has 0 aromatic heterocycles. The van der Waals surface area contributed by atoms with E-state index in [1.807, 2.05) is 49.2 Å². The van der Waals surface area contributed by atoms with E-state index in [9.17, 15) is 0 Å². The number of hydrazone groups is 2. The number of aryl methyl sites for hydroxylation is 1. The summed E-state index contributed by atoms with van der Waals surface area (Å²) < 4.78 is 6.44. The molecule has 0 aliphatic carbocycles. The predicted octanol–water partition coefficient (Wildman–Crippen LogP) is 4.45. The van der Waals surface area contributed by atoms with Crippen molar-refractivity contribution < 1.29 is 4.74 Å². The molecule has 2 N–H and O–H groups in total. The highest BCUT2D eigenvalue weighted by Crippen LogP contribution is 2.51. The summed E-state index contributed by atoms with van der Waals surface area (Å²) >= 11 is 0. The molecule has 4 aliphatic heterocycles. The molecule has 0 saturated heterocycles. The summed E-state index contributed by atoms with van der Waals surface area (Å²) in [6.45, 7) is 8.17. The first-order valence-corrected chi connectivity index (χ1v) is 10.7. The van der Waals surface area contributed by atoms with Gasteiger partial charge in [0.2, 0.25) is 0 Å². The van der Waals surface area contributed by atoms with Gasteiger partial charge in [0, 0.05) is 16.8 Å². The molecule has 6 rings (SSSR count). The van der Waals surface area contributed by atoms with Crippen molar-refractivity contribution in [3.05, 3.63) is 76.9 Å². The van der Waals surface area contributed by atoms with Crippen molar-refractivity contribution in [2.75, 3.05) is 5.32 Å². The normalized spacial score (nSPS) is 26.6. The molecule has 0 radical (unpaired) electrons. The van der Waals surface area contributed by atoms with Gasteiger partial charge in [0.25, 0.3) is 0 Å². The van der Waals surface area contributed by atoms with Gasteiger partial charge >= 0.3 is 0 Å². The van der Waals surface area contributed by atoms with Gasteiger partial charge in [-0.25, -0.2) is 10.0 Å². The highest BCUT2D eigenvalue weighted by molar-refractivity contribution is 6.14. The van der Waals surface area contributed by atoms with Crippen molar-refractivity contribution in [1.82, 2.24) is 10.4 Å². The van der Waals surface area contributed by atoms with Crippen LogP contribution >= 0.6 is 0 Å². The molecule has 7 heteroatoms. The van der Waals surface area contributed by atoms with Crippen LogP contribution in [-0.4, -0.2) is 28.6 Å². The molecule has 0 bridgehead atoms. The third kappa shape index (κ3) is 2.96. The van der Waals surface area contributed by atoms with Crippen LogP contribution in [0, 0.1) is 6.92 Å². The predicted molar refractivity (Wildman–Crippen MR) is 124 cm³/mol. The molecule has 3 atom stereocenters. The molecule has 158 valence electrons. The minimum Gasteiger partial charge on any atom is -0.346 e. The number of rotatable bonds is 2. The number of fused-ring (bicyclic) bond motifs is 1. The zero-order valence-corrected chi connectivity index (χ0v) is 18.1. The van der Waals surface area contributed by atoms with Gasteiger partial charge in [-0.15, -0.1) is 0 Å². The monoisotopic (exact) mass is 414 g/mol. The number of nitrogens with one attached hydrogen (secondary N) is 2. The van der Waals surface area contributed by atoms with Crippen LogP contribution in [0.25, 0.3) is 0 Å². The van der Waals surface area contributed by atoms with Crippen molar-refractivity contribution in [1.29, 1.82) is 0 Å². The van der Waals surface area contributed by atoms with E-state index in [0.717, 1.165) is 33.9 Å². The van der Waals surface area contributed by atoms with E-state index in [2.05, 4.69) is 58.9 Å². The molecular formula is C24H26N6O. The lowest BCUT2D eigenvalue weighted by atomic mass is 9.92. The van der Waals surface area contributed by atoms with E-state index in [4.69, 9.17) is 9.84 Å². The second-order valence-corrected chi connectivity index (χ2v) is 7.83. The molecule has 7 nitrogen and oxygen atoms in total. The summed E-state index contributed by atoms with van der Waals surface area (Å²) in [6.07, 6.45) is 5.09. The van der Waals surface area contributed by atoms with Crippen LogP contribution in [0.15, 0.2) is 69.8 Å². The lowest BCUT2D eigenvalue weighted by Crippen LogP contribution is -2.54. The maximum Gasteiger partial charge on any atom is 0.179 e. The molecule has 4 aliphatic rings. The van der Waals surface area contributed by atoms with Crippen molar-refractivity contribution in [3.8, 4) is 0 Å². The van der Waals surface area contributed by atoms with Crippen LogP contribution in [0.4, 0.5) is 5.69 Å². The summed E-state index contributed by atoms with van der Waals surface area (Å²) in [6, 6.07) is 14.5. The Balaban J connectivity index is 0.000000994. The Kier molecular flexibility index (Phi) is 4.63. The fourth-order valence-electron chi connectivity index (χ4n) is 4.42. The average Bonchev–Trinajstić information content (AvgIpc) is 3.35. The molecule has 0 saturated carbocycles. The van der Waals surface area contributed by atoms with Gasteiger partial charge in [0.15, 0.2) is 17.7 Å². The van der Waals surface area contributed by atoms with Crippen LogP contribution in [0.2, 0.25) is 0 Å². The van der Waals surface area contributed by atoms with Crippen molar-refractivity contribution >= 4 is 23.6 Å². The van der Waals surface area contributed by atoms with E-state index in [1.165, 1.54) is 5.56 Å². The number of ether oxygens (including phenoxy) is 1. The van der Waals surface area contributed by atoms with Crippen LogP contribution in [-0.2, 0) is 4.74 Å². The van der Waals surface area contributed by atoms with Gasteiger partial charge in [0.05, 0.1) is 12.1 Å². The van der Waals surface area contributed by atoms with Crippen molar-refractivity contribution in [3.63, 3.8) is 0 Å². The van der Waals surface area contributed by atoms with Crippen LogP contribution in [0.3, 0.4) is 0 Å². The number of hydrogen-bond donors (Lipinski definition) is 2. The fourth-order valence-corrected chi connectivity index (χ4v) is 4.42. The topological polar surface area (TPSA) is 73.6 Å². The Bertz CT molecular complexity index is 1140. The smallest absolute Gasteiger partial charge is 0.179 e. The highest BCUT2D eigenvalue weighted by atomic mass is 16.5. The molecule has 2 aromatic rings. The molecule has 4 heterocycles. The number of nitrogens with zero attached hydrogens (tertiary/aromatic N) is 4. The zero-order chi connectivity index (χ0) is 21.6. The number of anilines is 1. The Morgan fingerprint density at radius 3 is 2.71 bits per heavy atom. The lowest BCUT2D eigenvalue weighted by Gasteiger charge is -2.38. The van der Waals surface area contributed by atoms with Crippen molar-refractivity contribution in [2.24, 2.45) is 15.2 Å². The third-order valence-electron chi connectivity index (χ3n) is 5.81. The van der Waals surface area contributed by atoms with E-state index in [0.29, 0.717) is 0 Å². The Labute approximate surface area is 182 Å². The first kappa shape index (κ1) is 19.5. The number of allylic oxidation sites excluding steroid dienone is 1. The van der Waals surface area contributed by atoms with Crippen LogP contribution in [0.5, 0.6) is 0 Å². The Hall–Kier alpha value is -3.45. The molecule has 0 fully saturated rings. The summed E-state index contributed by atoms with van der Waals surface area (Å²) in [4.78, 5) is 4.50. The summed E-state index contributed by atoms with van der Waals surface area (Å²) in [7, 11) is 0. The van der Waals surface area contributed by atoms with Gasteiger partial charge in [-0.3, -0.25) is 5.43 Å². The number of aliphatic imine (C=N–C) groups is 1. The van der Waals surface area contributed by atoms with E-state index >= 15 is 0 Å². The quantitative estimate of drug-likeness (QED) is 0.761. The maximum atomic E-state index is 6.44. The van der Waals surface area contributed by atoms with Gasteiger partial charge in [-0.2, -0.15) is 10.2 Å². The van der Waals surface area contributed by atoms with E-state index < -0.39 is 5.66 Å². The second kappa shape index (κ2) is 7.35. The van der Waals surface area contributed by atoms with Gasteiger partial charge in [-0.1, -0.05) is 50.2 Å². The average molecular weight is 415 g/mol. The summed E-state index contributed by atoms with van der Waals surface area (Å²) in [5.41, 5.74) is 9.01. The largest absolute Gasteiger partial charge is 0.346 e. The van der Waals surface area contributed by atoms with E-state index in [1.54, 1.807) is 6.34 Å². The second-order valence-electron chi connectivity index (χ2n) is 7.83. The maximum absolute atomic E-state index is 6.44. The summed E-state index contributed by atoms with van der Waals surface area (Å²) in [5, 5.41) is 14.6. The Morgan fingerprint density at radius 2 is 1.90 bits per heavy atom. The molecule has 0 spiro atoms. The number of amidine groups is 1. The molecule has 31 heavy (non-hydrogen) atoms. The first-order chi connectivity index (χ1) is 15.1. The lowest BCUT2D eigenvalue weighted by molar-refractivity contribution is -0.0702. The van der Waals surface area contributed by atoms with Gasteiger partial charge in [0.1, 0.15) is 6.10 Å². The van der Waals surface area contributed by atoms with Gasteiger partial charge < -0.3 is 10.1 Å². The highest BCUT2D eigenvalue weighted by Gasteiger charge is 2.53. The SMILES string of the molecule is CC.Cc1cc2c3c(c1)[C@@H](C1(C)NN=C4C=CC(c5ccccc5)=NN41)OC3N=CN2. The number of benzene rings is 2. The minimum atomic E-state index is -0.672. The standard InChI is InChI=1S/C22H20N6O.C2H6/c1-13-10-15-19-17(11-13)23-12-24-21(19)29-20(15)22(2)27-25-18-9-8-16(26-28(18)22)14-6-4-3-5-7-14;1-2/h3-12,20-21,27H,1-2H3,(H,23,24);1-2H3/t20-,21?,22?;/m0./s1. The molecule has 0 amide bonds. The van der Waals surface area contributed by atoms with Crippen LogP contribution in [0.1, 0.15) is 55.4 Å². The fraction of sp³-hybridized carbons (Fsp3) is 0.292. The van der Waals surface area contributed by atoms with Crippen molar-refractivity contribution in [2.45, 2.75) is 45.7 Å². The van der Waals surface area contributed by atoms with Crippen LogP contribution < -0.4 is 10.7 Å². The number of hydrogen-bond acceptors (Lipinski definition) is 7. The minimum absolute atomic E-state index is 0.285. The third-order valence-corrected chi connectivity index (χ3v) is 5.81. The van der Waals surface area contributed by atoms with E-state index in [-0.39, 0.29) is 12.3 Å². The molecule has 2 aromatic carbocycles. The molecule has 2 unspecified atom stereocenters. The van der Waals surface area contributed by atoms with Gasteiger partial charge in [-0.05, 0) is 43.2 Å². The summed E-state index contributed by atoms with van der Waals surface area (Å²) in [5.74, 6) is 0.769. The first-order valence-electron chi connectivity index (χ1n) is 10.7.